The van der Waals surface area contributed by atoms with Gasteiger partial charge in [-0.25, -0.2) is 0 Å². The molecule has 0 saturated heterocycles. The Balaban J connectivity index is 1.74. The van der Waals surface area contributed by atoms with E-state index in [1.807, 2.05) is 43.3 Å². The molecule has 26 heavy (non-hydrogen) atoms. The zero-order valence-corrected chi connectivity index (χ0v) is 14.9. The van der Waals surface area contributed by atoms with E-state index < -0.39 is 0 Å². The van der Waals surface area contributed by atoms with Crippen molar-refractivity contribution in [3.8, 4) is 0 Å². The smallest absolute Gasteiger partial charge is 0.262 e. The quantitative estimate of drug-likeness (QED) is 0.745. The summed E-state index contributed by atoms with van der Waals surface area (Å²) in [6.07, 6.45) is 2.41. The molecular weight excluding hydrogens is 322 g/mol. The summed E-state index contributed by atoms with van der Waals surface area (Å²) in [6, 6.07) is 20.0. The van der Waals surface area contributed by atoms with E-state index >= 15 is 0 Å². The fourth-order valence-electron chi connectivity index (χ4n) is 3.28. The molecule has 1 N–H and O–H groups in total. The number of rotatable bonds is 4. The number of amides is 1. The summed E-state index contributed by atoms with van der Waals surface area (Å²) in [7, 11) is 0. The molecule has 1 amide bonds. The Kier molecular flexibility index (Phi) is 4.17. The average molecular weight is 343 g/mol. The lowest BCUT2D eigenvalue weighted by molar-refractivity contribution is 0.0993. The molecule has 1 aliphatic heterocycles. The van der Waals surface area contributed by atoms with Crippen LogP contribution in [0.2, 0.25) is 0 Å². The lowest BCUT2D eigenvalue weighted by Gasteiger charge is -2.26. The zero-order chi connectivity index (χ0) is 18.1. The highest BCUT2D eigenvalue weighted by Crippen LogP contribution is 2.36. The van der Waals surface area contributed by atoms with Crippen molar-refractivity contribution in [1.29, 1.82) is 0 Å². The number of hydrogen-bond donors (Lipinski definition) is 1. The second-order valence-corrected chi connectivity index (χ2v) is 6.54. The Morgan fingerprint density at radius 3 is 2.46 bits per heavy atom. The van der Waals surface area contributed by atoms with E-state index in [-0.39, 0.29) is 12.1 Å². The number of fused-ring (bicyclic) bond motifs is 1. The molecule has 130 valence electrons. The molecule has 2 aromatic carbocycles. The third-order valence-corrected chi connectivity index (χ3v) is 4.78. The van der Waals surface area contributed by atoms with Crippen LogP contribution in [0.15, 0.2) is 66.9 Å². The number of anilines is 2. The molecule has 1 aromatic heterocycles. The third kappa shape index (κ3) is 2.84. The molecule has 0 fully saturated rings. The first kappa shape index (κ1) is 16.3. The minimum Gasteiger partial charge on any atom is -0.360 e. The van der Waals surface area contributed by atoms with Crippen LogP contribution < -0.4 is 10.2 Å². The maximum atomic E-state index is 13.0. The van der Waals surface area contributed by atoms with Crippen LogP contribution in [0.25, 0.3) is 0 Å². The summed E-state index contributed by atoms with van der Waals surface area (Å²) in [5, 5.41) is 3.48. The van der Waals surface area contributed by atoms with Gasteiger partial charge < -0.3 is 5.32 Å². The number of carbonyl (C=O) groups excluding carboxylic acids is 1. The third-order valence-electron chi connectivity index (χ3n) is 4.78. The Morgan fingerprint density at radius 1 is 1.04 bits per heavy atom. The van der Waals surface area contributed by atoms with Crippen LogP contribution in [0.5, 0.6) is 0 Å². The van der Waals surface area contributed by atoms with Crippen molar-refractivity contribution >= 4 is 17.3 Å². The van der Waals surface area contributed by atoms with Gasteiger partial charge in [-0.15, -0.1) is 0 Å². The fourth-order valence-corrected chi connectivity index (χ4v) is 3.28. The van der Waals surface area contributed by atoms with E-state index in [9.17, 15) is 4.79 Å². The number of nitrogens with one attached hydrogen (secondary N) is 1. The van der Waals surface area contributed by atoms with Gasteiger partial charge in [0.25, 0.3) is 5.91 Å². The molecule has 4 nitrogen and oxygen atoms in total. The van der Waals surface area contributed by atoms with Crippen molar-refractivity contribution < 1.29 is 4.79 Å². The number of pyridine rings is 1. The van der Waals surface area contributed by atoms with Crippen molar-refractivity contribution in [2.45, 2.75) is 26.4 Å². The number of hydrogen-bond acceptors (Lipinski definition) is 3. The number of aryl methyl sites for hydroxylation is 2. The van der Waals surface area contributed by atoms with Gasteiger partial charge in [0.15, 0.2) is 6.17 Å². The van der Waals surface area contributed by atoms with E-state index in [4.69, 9.17) is 0 Å². The predicted molar refractivity (Wildman–Crippen MR) is 104 cm³/mol. The van der Waals surface area contributed by atoms with Crippen LogP contribution in [-0.2, 0) is 6.42 Å². The van der Waals surface area contributed by atoms with E-state index in [0.29, 0.717) is 5.56 Å². The van der Waals surface area contributed by atoms with Crippen molar-refractivity contribution in [3.63, 3.8) is 0 Å². The molecule has 3 aromatic rings. The Morgan fingerprint density at radius 2 is 1.77 bits per heavy atom. The largest absolute Gasteiger partial charge is 0.360 e. The van der Waals surface area contributed by atoms with Crippen LogP contribution in [0.4, 0.5) is 11.4 Å². The van der Waals surface area contributed by atoms with Gasteiger partial charge in [0, 0.05) is 17.6 Å². The minimum atomic E-state index is -0.325. The van der Waals surface area contributed by atoms with Crippen LogP contribution in [0.1, 0.15) is 40.3 Å². The molecule has 0 radical (unpaired) electrons. The molecule has 1 unspecified atom stereocenters. The lowest BCUT2D eigenvalue weighted by atomic mass is 10.1. The van der Waals surface area contributed by atoms with Crippen molar-refractivity contribution in [1.82, 2.24) is 4.98 Å². The van der Waals surface area contributed by atoms with Crippen molar-refractivity contribution in [2.75, 3.05) is 10.2 Å². The second-order valence-electron chi connectivity index (χ2n) is 6.54. The normalized spacial score (nSPS) is 15.8. The maximum Gasteiger partial charge on any atom is 0.262 e. The van der Waals surface area contributed by atoms with Gasteiger partial charge in [-0.2, -0.15) is 0 Å². The summed E-state index contributed by atoms with van der Waals surface area (Å²) in [6.45, 7) is 4.17. The zero-order valence-electron chi connectivity index (χ0n) is 14.9. The summed E-state index contributed by atoms with van der Waals surface area (Å²) in [5.74, 6) is -0.0281. The summed E-state index contributed by atoms with van der Waals surface area (Å²) in [5.41, 5.74) is 5.69. The number of carbonyl (C=O) groups is 1. The Labute approximate surface area is 153 Å². The first-order valence-electron chi connectivity index (χ1n) is 8.88. The van der Waals surface area contributed by atoms with Crippen LogP contribution in [-0.4, -0.2) is 10.9 Å². The fraction of sp³-hybridized carbons (Fsp3) is 0.182. The SMILES string of the molecule is CCc1ccc(NC2c3ncccc3C(=O)N2c2ccc(C)cc2)cc1. The topological polar surface area (TPSA) is 45.2 Å². The van der Waals surface area contributed by atoms with Crippen LogP contribution >= 0.6 is 0 Å². The number of aromatic nitrogens is 1. The van der Waals surface area contributed by atoms with Gasteiger partial charge >= 0.3 is 0 Å². The number of nitrogens with zero attached hydrogens (tertiary/aromatic N) is 2. The van der Waals surface area contributed by atoms with Crippen molar-refractivity contribution in [3.05, 3.63) is 89.2 Å². The number of benzene rings is 2. The summed E-state index contributed by atoms with van der Waals surface area (Å²) in [4.78, 5) is 19.3. The first-order chi connectivity index (χ1) is 12.7. The summed E-state index contributed by atoms with van der Waals surface area (Å²) >= 11 is 0. The van der Waals surface area contributed by atoms with Crippen molar-refractivity contribution in [2.24, 2.45) is 0 Å². The monoisotopic (exact) mass is 343 g/mol. The van der Waals surface area contributed by atoms with Gasteiger partial charge in [0.05, 0.1) is 11.3 Å². The van der Waals surface area contributed by atoms with Gasteiger partial charge in [-0.1, -0.05) is 36.8 Å². The molecule has 1 aliphatic rings. The van der Waals surface area contributed by atoms with Crippen LogP contribution in [0, 0.1) is 6.92 Å². The standard InChI is InChI=1S/C22H21N3O/c1-3-16-8-10-17(11-9-16)24-21-20-19(5-4-14-23-20)22(26)25(21)18-12-6-15(2)7-13-18/h4-14,21,24H,3H2,1-2H3. The van der Waals surface area contributed by atoms with Gasteiger partial charge in [0.1, 0.15) is 0 Å². The molecule has 1 atom stereocenters. The molecule has 4 heteroatoms. The van der Waals surface area contributed by atoms with E-state index in [1.165, 1.54) is 5.56 Å². The van der Waals surface area contributed by atoms with Crippen LogP contribution in [0.3, 0.4) is 0 Å². The molecule has 0 saturated carbocycles. The minimum absolute atomic E-state index is 0.0281. The highest BCUT2D eigenvalue weighted by Gasteiger charge is 2.38. The predicted octanol–water partition coefficient (Wildman–Crippen LogP) is 4.72. The van der Waals surface area contributed by atoms with Gasteiger partial charge in [-0.3, -0.25) is 14.7 Å². The second kappa shape index (κ2) is 6.64. The molecular formula is C22H21N3O. The van der Waals surface area contributed by atoms with E-state index in [0.717, 1.165) is 29.1 Å². The average Bonchev–Trinajstić information content (AvgIpc) is 2.95. The van der Waals surface area contributed by atoms with Gasteiger partial charge in [-0.05, 0) is 55.3 Å². The maximum absolute atomic E-state index is 13.0. The lowest BCUT2D eigenvalue weighted by Crippen LogP contribution is -2.32. The molecule has 0 spiro atoms. The molecule has 4 rings (SSSR count). The first-order valence-corrected chi connectivity index (χ1v) is 8.88. The highest BCUT2D eigenvalue weighted by molar-refractivity contribution is 6.11. The highest BCUT2D eigenvalue weighted by atomic mass is 16.2. The van der Waals surface area contributed by atoms with E-state index in [1.54, 1.807) is 11.1 Å². The molecule has 0 bridgehead atoms. The Bertz CT molecular complexity index is 932. The molecule has 0 aliphatic carbocycles. The van der Waals surface area contributed by atoms with Gasteiger partial charge in [0.2, 0.25) is 0 Å². The van der Waals surface area contributed by atoms with E-state index in [2.05, 4.69) is 41.5 Å². The molecule has 2 heterocycles. The summed E-state index contributed by atoms with van der Waals surface area (Å²) < 4.78 is 0. The Hall–Kier alpha value is -3.14.